The third-order valence-corrected chi connectivity index (χ3v) is 5.17. The molecule has 0 radical (unpaired) electrons. The van der Waals surface area contributed by atoms with Crippen molar-refractivity contribution in [3.05, 3.63) is 58.9 Å². The summed E-state index contributed by atoms with van der Waals surface area (Å²) in [6, 6.07) is 12.2. The first-order valence-electron chi connectivity index (χ1n) is 9.22. The van der Waals surface area contributed by atoms with Gasteiger partial charge in [0.05, 0.1) is 17.1 Å². The molecule has 2 aromatic carbocycles. The second-order valence-corrected chi connectivity index (χ2v) is 7.13. The molecule has 0 spiro atoms. The van der Waals surface area contributed by atoms with E-state index < -0.39 is 0 Å². The maximum atomic E-state index is 12.5. The Morgan fingerprint density at radius 1 is 1.35 bits per heavy atom. The molecule has 134 valence electrons. The molecule has 1 aromatic heterocycles. The molecule has 5 heteroatoms. The SMILES string of the molecule is Cc1cccc2[nH]c(CCC(=O)NC3CCCc4cc(N)ccc43)nc12. The summed E-state index contributed by atoms with van der Waals surface area (Å²) in [5, 5.41) is 3.19. The molecule has 1 unspecified atom stereocenters. The average molecular weight is 348 g/mol. The number of rotatable bonds is 4. The number of para-hydroxylation sites is 1. The fraction of sp³-hybridized carbons (Fsp3) is 0.333. The van der Waals surface area contributed by atoms with E-state index >= 15 is 0 Å². The first kappa shape index (κ1) is 16.6. The smallest absolute Gasteiger partial charge is 0.220 e. The Hall–Kier alpha value is -2.82. The van der Waals surface area contributed by atoms with E-state index in [1.807, 2.05) is 37.3 Å². The van der Waals surface area contributed by atoms with Gasteiger partial charge in [-0.15, -0.1) is 0 Å². The minimum atomic E-state index is 0.0665. The summed E-state index contributed by atoms with van der Waals surface area (Å²) < 4.78 is 0. The number of imidazole rings is 1. The van der Waals surface area contributed by atoms with Gasteiger partial charge in [0.1, 0.15) is 5.82 Å². The Labute approximate surface area is 153 Å². The lowest BCUT2D eigenvalue weighted by atomic mass is 9.87. The molecule has 4 rings (SSSR count). The number of benzene rings is 2. The van der Waals surface area contributed by atoms with Crippen LogP contribution in [0.2, 0.25) is 0 Å². The number of hydrogen-bond donors (Lipinski definition) is 3. The van der Waals surface area contributed by atoms with E-state index in [0.717, 1.165) is 47.4 Å². The number of carbonyl (C=O) groups is 1. The highest BCUT2D eigenvalue weighted by Gasteiger charge is 2.22. The molecule has 4 N–H and O–H groups in total. The van der Waals surface area contributed by atoms with Crippen molar-refractivity contribution < 1.29 is 4.79 Å². The number of fused-ring (bicyclic) bond motifs is 2. The van der Waals surface area contributed by atoms with E-state index in [1.165, 1.54) is 11.1 Å². The van der Waals surface area contributed by atoms with Gasteiger partial charge in [-0.3, -0.25) is 4.79 Å². The van der Waals surface area contributed by atoms with Gasteiger partial charge in [0.25, 0.3) is 0 Å². The van der Waals surface area contributed by atoms with Gasteiger partial charge in [-0.1, -0.05) is 18.2 Å². The van der Waals surface area contributed by atoms with Crippen molar-refractivity contribution in [1.29, 1.82) is 0 Å². The van der Waals surface area contributed by atoms with Crippen LogP contribution in [0, 0.1) is 6.92 Å². The molecule has 0 saturated carbocycles. The molecule has 26 heavy (non-hydrogen) atoms. The molecular weight excluding hydrogens is 324 g/mol. The molecular formula is C21H24N4O. The fourth-order valence-corrected chi connectivity index (χ4v) is 3.83. The van der Waals surface area contributed by atoms with Crippen LogP contribution in [0.25, 0.3) is 11.0 Å². The Morgan fingerprint density at radius 2 is 2.23 bits per heavy atom. The van der Waals surface area contributed by atoms with Crippen LogP contribution in [-0.2, 0) is 17.6 Å². The minimum Gasteiger partial charge on any atom is -0.399 e. The summed E-state index contributed by atoms with van der Waals surface area (Å²) in [6.07, 6.45) is 4.13. The predicted octanol–water partition coefficient (Wildman–Crippen LogP) is 3.58. The molecule has 5 nitrogen and oxygen atoms in total. The second kappa shape index (κ2) is 6.83. The molecule has 1 heterocycles. The number of carbonyl (C=O) groups excluding carboxylic acids is 1. The van der Waals surface area contributed by atoms with Crippen molar-refractivity contribution in [1.82, 2.24) is 15.3 Å². The lowest BCUT2D eigenvalue weighted by molar-refractivity contribution is -0.121. The number of nitrogens with one attached hydrogen (secondary N) is 2. The standard InChI is InChI=1S/C21H24N4O/c1-13-4-2-7-18-21(13)25-19(23-18)10-11-20(26)24-17-6-3-5-14-12-15(22)8-9-16(14)17/h2,4,7-9,12,17H,3,5-6,10-11,22H2,1H3,(H,23,25)(H,24,26). The maximum Gasteiger partial charge on any atom is 0.220 e. The number of amides is 1. The van der Waals surface area contributed by atoms with Crippen LogP contribution in [0.1, 0.15) is 47.8 Å². The number of anilines is 1. The second-order valence-electron chi connectivity index (χ2n) is 7.13. The molecule has 0 saturated heterocycles. The highest BCUT2D eigenvalue weighted by Crippen LogP contribution is 2.31. The Bertz CT molecular complexity index is 960. The van der Waals surface area contributed by atoms with Crippen LogP contribution in [0.3, 0.4) is 0 Å². The van der Waals surface area contributed by atoms with Crippen molar-refractivity contribution in [3.63, 3.8) is 0 Å². The zero-order valence-corrected chi connectivity index (χ0v) is 15.0. The number of H-pyrrole nitrogens is 1. The molecule has 0 bridgehead atoms. The van der Waals surface area contributed by atoms with Crippen molar-refractivity contribution in [3.8, 4) is 0 Å². The number of hydrogen-bond acceptors (Lipinski definition) is 3. The summed E-state index contributed by atoms with van der Waals surface area (Å²) in [5.74, 6) is 0.929. The van der Waals surface area contributed by atoms with Crippen LogP contribution < -0.4 is 11.1 Å². The van der Waals surface area contributed by atoms with Crippen LogP contribution >= 0.6 is 0 Å². The lowest BCUT2D eigenvalue weighted by Gasteiger charge is -2.26. The van der Waals surface area contributed by atoms with Crippen LogP contribution in [-0.4, -0.2) is 15.9 Å². The number of aromatic amines is 1. The van der Waals surface area contributed by atoms with Crippen LogP contribution in [0.15, 0.2) is 36.4 Å². The molecule has 3 aromatic rings. The zero-order chi connectivity index (χ0) is 18.1. The van der Waals surface area contributed by atoms with Crippen LogP contribution in [0.4, 0.5) is 5.69 Å². The normalized spacial score (nSPS) is 16.4. The Morgan fingerprint density at radius 3 is 3.08 bits per heavy atom. The van der Waals surface area contributed by atoms with Gasteiger partial charge < -0.3 is 16.0 Å². The van der Waals surface area contributed by atoms with E-state index in [2.05, 4.69) is 21.4 Å². The van der Waals surface area contributed by atoms with Crippen molar-refractivity contribution in [2.24, 2.45) is 0 Å². The first-order valence-corrected chi connectivity index (χ1v) is 9.22. The third-order valence-electron chi connectivity index (χ3n) is 5.17. The van der Waals surface area contributed by atoms with Gasteiger partial charge in [0, 0.05) is 18.5 Å². The first-order chi connectivity index (χ1) is 12.6. The van der Waals surface area contributed by atoms with Crippen molar-refractivity contribution >= 4 is 22.6 Å². The fourth-order valence-electron chi connectivity index (χ4n) is 3.83. The summed E-state index contributed by atoms with van der Waals surface area (Å²) in [7, 11) is 0. The molecule has 0 aliphatic heterocycles. The van der Waals surface area contributed by atoms with Gasteiger partial charge in [0.15, 0.2) is 0 Å². The molecule has 0 fully saturated rings. The van der Waals surface area contributed by atoms with Crippen molar-refractivity contribution in [2.45, 2.75) is 45.1 Å². The summed E-state index contributed by atoms with van der Waals surface area (Å²) in [6.45, 7) is 2.05. The summed E-state index contributed by atoms with van der Waals surface area (Å²) in [5.41, 5.74) is 12.3. The largest absolute Gasteiger partial charge is 0.399 e. The van der Waals surface area contributed by atoms with Crippen LogP contribution in [0.5, 0.6) is 0 Å². The summed E-state index contributed by atoms with van der Waals surface area (Å²) in [4.78, 5) is 20.4. The van der Waals surface area contributed by atoms with E-state index in [0.29, 0.717) is 12.8 Å². The van der Waals surface area contributed by atoms with E-state index in [4.69, 9.17) is 5.73 Å². The Kier molecular flexibility index (Phi) is 4.37. The molecule has 1 aliphatic rings. The molecule has 1 atom stereocenters. The van der Waals surface area contributed by atoms with Gasteiger partial charge >= 0.3 is 0 Å². The van der Waals surface area contributed by atoms with Gasteiger partial charge in [0.2, 0.25) is 5.91 Å². The molecule has 1 aliphatic carbocycles. The third kappa shape index (κ3) is 3.29. The average Bonchev–Trinajstić information content (AvgIpc) is 3.04. The highest BCUT2D eigenvalue weighted by molar-refractivity contribution is 5.79. The maximum absolute atomic E-state index is 12.5. The quantitative estimate of drug-likeness (QED) is 0.630. The number of nitrogens with two attached hydrogens (primary N) is 1. The van der Waals surface area contributed by atoms with Crippen molar-refractivity contribution in [2.75, 3.05) is 5.73 Å². The van der Waals surface area contributed by atoms with Gasteiger partial charge in [-0.25, -0.2) is 4.98 Å². The topological polar surface area (TPSA) is 83.8 Å². The number of nitrogens with zero attached hydrogens (tertiary/aromatic N) is 1. The highest BCUT2D eigenvalue weighted by atomic mass is 16.1. The zero-order valence-electron chi connectivity index (χ0n) is 15.0. The Balaban J connectivity index is 1.41. The van der Waals surface area contributed by atoms with E-state index in [-0.39, 0.29) is 11.9 Å². The van der Waals surface area contributed by atoms with Gasteiger partial charge in [-0.05, 0) is 61.1 Å². The minimum absolute atomic E-state index is 0.0665. The van der Waals surface area contributed by atoms with Gasteiger partial charge in [-0.2, -0.15) is 0 Å². The number of nitrogen functional groups attached to an aromatic ring is 1. The predicted molar refractivity (Wildman–Crippen MR) is 104 cm³/mol. The van der Waals surface area contributed by atoms with E-state index in [1.54, 1.807) is 0 Å². The lowest BCUT2D eigenvalue weighted by Crippen LogP contribution is -2.31. The molecule has 1 amide bonds. The monoisotopic (exact) mass is 348 g/mol. The van der Waals surface area contributed by atoms with E-state index in [9.17, 15) is 4.79 Å². The number of aromatic nitrogens is 2. The number of aryl methyl sites for hydroxylation is 3. The summed E-state index contributed by atoms with van der Waals surface area (Å²) >= 11 is 0.